The fourth-order valence-corrected chi connectivity index (χ4v) is 6.42. The largest absolute Gasteiger partial charge is 0.497 e. The van der Waals surface area contributed by atoms with Gasteiger partial charge in [0.05, 0.1) is 51.1 Å². The molecule has 0 spiro atoms. The van der Waals surface area contributed by atoms with Crippen molar-refractivity contribution in [1.29, 1.82) is 5.26 Å². The van der Waals surface area contributed by atoms with E-state index in [9.17, 15) is 10.4 Å². The first kappa shape index (κ1) is 28.2. The minimum atomic E-state index is -0.588. The van der Waals surface area contributed by atoms with E-state index >= 15 is 0 Å². The van der Waals surface area contributed by atoms with Crippen molar-refractivity contribution >= 4 is 0 Å². The van der Waals surface area contributed by atoms with Crippen molar-refractivity contribution in [2.24, 2.45) is 29.1 Å². The van der Waals surface area contributed by atoms with Crippen LogP contribution in [0.2, 0.25) is 0 Å². The Morgan fingerprint density at radius 1 is 0.895 bits per heavy atom. The Morgan fingerprint density at radius 2 is 1.42 bits per heavy atom. The molecule has 0 aromatic heterocycles. The summed E-state index contributed by atoms with van der Waals surface area (Å²) in [6, 6.07) is 18.5. The average Bonchev–Trinajstić information content (AvgIpc) is 2.94. The molecular weight excluding hydrogens is 478 g/mol. The number of methoxy groups -OCH3 is 2. The van der Waals surface area contributed by atoms with Gasteiger partial charge in [0.25, 0.3) is 0 Å². The maximum atomic E-state index is 10.5. The lowest BCUT2D eigenvalue weighted by Crippen LogP contribution is -2.51. The molecule has 0 unspecified atom stereocenters. The highest BCUT2D eigenvalue weighted by Crippen LogP contribution is 2.55. The molecule has 0 heterocycles. The summed E-state index contributed by atoms with van der Waals surface area (Å²) in [4.78, 5) is 0. The molecule has 1 N–H and O–H groups in total. The number of ether oxygens (including phenoxy) is 4. The van der Waals surface area contributed by atoms with Crippen molar-refractivity contribution in [2.75, 3.05) is 20.8 Å². The summed E-state index contributed by atoms with van der Waals surface area (Å²) in [5.41, 5.74) is 2.55. The summed E-state index contributed by atoms with van der Waals surface area (Å²) in [5.74, 6) is 2.19. The minimum absolute atomic E-state index is 0.0430. The van der Waals surface area contributed by atoms with Crippen LogP contribution in [0.1, 0.15) is 44.7 Å². The molecule has 204 valence electrons. The van der Waals surface area contributed by atoms with Crippen LogP contribution in [-0.2, 0) is 22.7 Å². The Morgan fingerprint density at radius 3 is 1.92 bits per heavy atom. The van der Waals surface area contributed by atoms with Gasteiger partial charge >= 0.3 is 0 Å². The molecule has 6 heteroatoms. The summed E-state index contributed by atoms with van der Waals surface area (Å²) >= 11 is 0. The summed E-state index contributed by atoms with van der Waals surface area (Å²) in [6.45, 7) is 7.43. The number of rotatable bonds is 10. The first-order chi connectivity index (χ1) is 18.3. The number of nitriles is 1. The maximum absolute atomic E-state index is 10.5. The Kier molecular flexibility index (Phi) is 9.15. The number of hydrogen-bond acceptors (Lipinski definition) is 6. The van der Waals surface area contributed by atoms with Crippen LogP contribution in [0.15, 0.2) is 60.2 Å². The van der Waals surface area contributed by atoms with Gasteiger partial charge in [-0.3, -0.25) is 0 Å². The van der Waals surface area contributed by atoms with Crippen molar-refractivity contribution in [3.63, 3.8) is 0 Å². The van der Waals surface area contributed by atoms with Gasteiger partial charge in [-0.05, 0) is 77.5 Å². The minimum Gasteiger partial charge on any atom is -0.497 e. The topological polar surface area (TPSA) is 80.9 Å². The van der Waals surface area contributed by atoms with Crippen molar-refractivity contribution < 1.29 is 24.1 Å². The highest BCUT2D eigenvalue weighted by molar-refractivity contribution is 5.36. The third-order valence-electron chi connectivity index (χ3n) is 8.46. The number of hydrogen-bond donors (Lipinski definition) is 1. The van der Waals surface area contributed by atoms with Crippen LogP contribution >= 0.6 is 0 Å². The van der Waals surface area contributed by atoms with Crippen LogP contribution in [0.4, 0.5) is 0 Å². The Bertz CT molecular complexity index is 1120. The fourth-order valence-electron chi connectivity index (χ4n) is 6.42. The van der Waals surface area contributed by atoms with Crippen molar-refractivity contribution in [1.82, 2.24) is 0 Å². The predicted molar refractivity (Wildman–Crippen MR) is 147 cm³/mol. The van der Waals surface area contributed by atoms with Gasteiger partial charge < -0.3 is 24.1 Å². The van der Waals surface area contributed by atoms with E-state index in [2.05, 4.69) is 32.9 Å². The summed E-state index contributed by atoms with van der Waals surface area (Å²) in [5, 5.41) is 20.7. The van der Waals surface area contributed by atoms with Crippen molar-refractivity contribution in [2.45, 2.75) is 59.0 Å². The molecule has 0 amide bonds. The number of benzene rings is 2. The van der Waals surface area contributed by atoms with E-state index in [4.69, 9.17) is 18.9 Å². The third kappa shape index (κ3) is 5.91. The molecule has 0 radical (unpaired) electrons. The van der Waals surface area contributed by atoms with Gasteiger partial charge in [0.1, 0.15) is 11.5 Å². The van der Waals surface area contributed by atoms with Gasteiger partial charge in [-0.2, -0.15) is 5.26 Å². The molecule has 2 aliphatic rings. The van der Waals surface area contributed by atoms with Crippen LogP contribution < -0.4 is 9.47 Å². The van der Waals surface area contributed by atoms with E-state index in [0.29, 0.717) is 13.2 Å². The number of aliphatic hydroxyl groups excluding tert-OH is 1. The van der Waals surface area contributed by atoms with E-state index < -0.39 is 5.41 Å². The zero-order chi connectivity index (χ0) is 27.3. The molecule has 7 atom stereocenters. The van der Waals surface area contributed by atoms with Crippen LogP contribution in [0.5, 0.6) is 11.5 Å². The second-order valence-corrected chi connectivity index (χ2v) is 11.1. The molecule has 1 saturated carbocycles. The highest BCUT2D eigenvalue weighted by atomic mass is 16.5. The Balaban J connectivity index is 1.63. The first-order valence-corrected chi connectivity index (χ1v) is 13.6. The highest BCUT2D eigenvalue weighted by Gasteiger charge is 2.53. The first-order valence-electron chi connectivity index (χ1n) is 13.6. The van der Waals surface area contributed by atoms with Gasteiger partial charge in [-0.15, -0.1) is 0 Å². The molecular formula is C32H41NO5. The normalized spacial score (nSPS) is 29.5. The van der Waals surface area contributed by atoms with Crippen molar-refractivity contribution in [3.05, 3.63) is 71.3 Å². The number of aliphatic hydroxyl groups is 1. The Hall–Kier alpha value is -2.85. The van der Waals surface area contributed by atoms with Crippen LogP contribution in [0.3, 0.4) is 0 Å². The summed E-state index contributed by atoms with van der Waals surface area (Å²) in [6.07, 6.45) is 3.27. The fraction of sp³-hybridized carbons (Fsp3) is 0.531. The Labute approximate surface area is 227 Å². The molecule has 2 aromatic rings. The van der Waals surface area contributed by atoms with Crippen LogP contribution in [0, 0.1) is 40.4 Å². The van der Waals surface area contributed by atoms with Gasteiger partial charge in [0, 0.05) is 6.61 Å². The number of fused-ring (bicyclic) bond motifs is 1. The quantitative estimate of drug-likeness (QED) is 0.392. The summed E-state index contributed by atoms with van der Waals surface area (Å²) < 4.78 is 23.7. The third-order valence-corrected chi connectivity index (χ3v) is 8.46. The monoisotopic (exact) mass is 519 g/mol. The lowest BCUT2D eigenvalue weighted by atomic mass is 9.55. The zero-order valence-corrected chi connectivity index (χ0v) is 23.2. The molecule has 2 aromatic carbocycles. The van der Waals surface area contributed by atoms with E-state index in [1.807, 2.05) is 48.5 Å². The lowest BCUT2D eigenvalue weighted by Gasteiger charge is -2.52. The van der Waals surface area contributed by atoms with Gasteiger partial charge in [0.2, 0.25) is 0 Å². The standard InChI is InChI=1S/C32H41NO5/c1-21-15-32(20-33)16-22(2)30(23(3)17-34)31(38-19-25-8-12-27(36-5)13-9-25)28(32)14-29(21)37-18-24-6-10-26(35-4)11-7-24/h6-14,21-23,29-31,34H,15-19H2,1-5H3/t21-,22+,23-,29-,30+,31+,32+/m1/s1. The van der Waals surface area contributed by atoms with Gasteiger partial charge in [-0.25, -0.2) is 0 Å². The molecule has 1 fully saturated rings. The van der Waals surface area contributed by atoms with E-state index in [-0.39, 0.29) is 42.5 Å². The second kappa shape index (κ2) is 12.3. The molecule has 6 nitrogen and oxygen atoms in total. The lowest BCUT2D eigenvalue weighted by molar-refractivity contribution is -0.0695. The van der Waals surface area contributed by atoms with Gasteiger partial charge in [-0.1, -0.05) is 51.1 Å². The van der Waals surface area contributed by atoms with Crippen molar-refractivity contribution in [3.8, 4) is 17.6 Å². The SMILES string of the molecule is COc1ccc(CO[C@@H]2C=C3[C@H](OCc4ccc(OC)cc4)[C@H]([C@H](C)CO)[C@@H](C)C[C@]3(C#N)C[C@H]2C)cc1. The maximum Gasteiger partial charge on any atom is 0.118 e. The van der Waals surface area contributed by atoms with E-state index in [1.54, 1.807) is 14.2 Å². The van der Waals surface area contributed by atoms with Gasteiger partial charge in [0.15, 0.2) is 0 Å². The molecule has 2 aliphatic carbocycles. The van der Waals surface area contributed by atoms with Crippen LogP contribution in [0.25, 0.3) is 0 Å². The summed E-state index contributed by atoms with van der Waals surface area (Å²) in [7, 11) is 3.31. The smallest absolute Gasteiger partial charge is 0.118 e. The van der Waals surface area contributed by atoms with E-state index in [0.717, 1.165) is 41.0 Å². The zero-order valence-electron chi connectivity index (χ0n) is 23.2. The molecule has 0 saturated heterocycles. The molecule has 38 heavy (non-hydrogen) atoms. The molecule has 0 aliphatic heterocycles. The predicted octanol–water partition coefficient (Wildman–Crippen LogP) is 5.93. The molecule has 4 rings (SSSR count). The average molecular weight is 520 g/mol. The number of nitrogens with zero attached hydrogens (tertiary/aromatic N) is 1. The second-order valence-electron chi connectivity index (χ2n) is 11.1. The van der Waals surface area contributed by atoms with E-state index in [1.165, 1.54) is 0 Å². The molecule has 0 bridgehead atoms. The van der Waals surface area contributed by atoms with Crippen LogP contribution in [-0.4, -0.2) is 38.1 Å².